The number of nitrogens with zero attached hydrogens (tertiary/aromatic N) is 2. The molecule has 0 aliphatic carbocycles. The van der Waals surface area contributed by atoms with Crippen LogP contribution in [0.4, 0.5) is 20.2 Å². The van der Waals surface area contributed by atoms with Crippen LogP contribution in [-0.4, -0.2) is 43.1 Å². The second-order valence-electron chi connectivity index (χ2n) is 13.5. The number of hydrogen-bond acceptors (Lipinski definition) is 8. The topological polar surface area (TPSA) is 146 Å². The molecule has 6 aromatic rings. The summed E-state index contributed by atoms with van der Waals surface area (Å²) in [6, 6.07) is 14.4. The molecule has 0 aliphatic rings. The Morgan fingerprint density at radius 2 is 0.885 bits per heavy atom. The molecule has 0 heterocycles. The summed E-state index contributed by atoms with van der Waals surface area (Å²) >= 11 is 0. The molecule has 10 heteroatoms. The number of aromatic hydroxyl groups is 6. The first-order chi connectivity index (χ1) is 24.6. The summed E-state index contributed by atoms with van der Waals surface area (Å²) in [5.74, 6) is -4.19. The molecular weight excluding hydrogens is 666 g/mol. The number of aryl methyl sites for hydroxylation is 2. The van der Waals surface area contributed by atoms with Crippen molar-refractivity contribution in [1.29, 1.82) is 0 Å². The van der Waals surface area contributed by atoms with E-state index in [1.165, 1.54) is 48.8 Å². The van der Waals surface area contributed by atoms with Crippen LogP contribution in [-0.2, 0) is 0 Å². The predicted octanol–water partition coefficient (Wildman–Crippen LogP) is 10.5. The minimum atomic E-state index is -0.543. The Bertz CT molecular complexity index is 2310. The van der Waals surface area contributed by atoms with Gasteiger partial charge in [-0.1, -0.05) is 52.0 Å². The first kappa shape index (κ1) is 35.7. The fourth-order valence-electron chi connectivity index (χ4n) is 7.02. The van der Waals surface area contributed by atoms with Crippen LogP contribution in [0.2, 0.25) is 0 Å². The lowest BCUT2D eigenvalue weighted by Crippen LogP contribution is -2.01. The lowest BCUT2D eigenvalue weighted by atomic mass is 9.83. The maximum absolute atomic E-state index is 14.0. The largest absolute Gasteiger partial charge is 0.507 e. The zero-order valence-corrected chi connectivity index (χ0v) is 29.4. The van der Waals surface area contributed by atoms with E-state index < -0.39 is 34.6 Å². The summed E-state index contributed by atoms with van der Waals surface area (Å²) in [5.41, 5.74) is 2.52. The van der Waals surface area contributed by atoms with Gasteiger partial charge in [0, 0.05) is 45.5 Å². The number of benzene rings is 6. The molecule has 0 aromatic heterocycles. The standard InChI is InChI=1S/C42H38F2N2O6/c1-19(2)31-27-13-21(5)33(39(49)35(27)29(37(47)41(31)51)17-45-25-11-7-9-23(43)15-25)34-22(6)14-28-32(20(3)4)42(52)38(48)30(36(28)40(34)50)18-46-26-12-8-10-24(44)16-26/h7-20,47-52H,1-6H3. The lowest BCUT2D eigenvalue weighted by molar-refractivity contribution is 0.398. The van der Waals surface area contributed by atoms with Crippen molar-refractivity contribution in [2.45, 2.75) is 53.4 Å². The number of phenolic OH excluding ortho intramolecular Hbond substituents is 6. The molecule has 0 amide bonds. The van der Waals surface area contributed by atoms with Gasteiger partial charge >= 0.3 is 0 Å². The second-order valence-corrected chi connectivity index (χ2v) is 13.5. The number of halogens is 2. The zero-order chi connectivity index (χ0) is 37.8. The molecule has 0 atom stereocenters. The van der Waals surface area contributed by atoms with E-state index in [-0.39, 0.29) is 67.7 Å². The number of phenols is 6. The number of hydrogen-bond donors (Lipinski definition) is 6. The molecule has 0 unspecified atom stereocenters. The second kappa shape index (κ2) is 13.5. The fourth-order valence-corrected chi connectivity index (χ4v) is 7.02. The summed E-state index contributed by atoms with van der Waals surface area (Å²) < 4.78 is 28.0. The van der Waals surface area contributed by atoms with Crippen molar-refractivity contribution in [3.8, 4) is 45.6 Å². The Hall–Kier alpha value is -6.16. The lowest BCUT2D eigenvalue weighted by Gasteiger charge is -2.23. The van der Waals surface area contributed by atoms with Crippen molar-refractivity contribution < 1.29 is 39.4 Å². The highest BCUT2D eigenvalue weighted by Gasteiger charge is 2.29. The van der Waals surface area contributed by atoms with Gasteiger partial charge in [0.25, 0.3) is 0 Å². The molecular formula is C42H38F2N2O6. The van der Waals surface area contributed by atoms with Gasteiger partial charge in [-0.2, -0.15) is 0 Å². The highest BCUT2D eigenvalue weighted by Crippen LogP contribution is 2.54. The number of aliphatic imine (C=N–C) groups is 2. The highest BCUT2D eigenvalue weighted by atomic mass is 19.1. The van der Waals surface area contributed by atoms with Gasteiger partial charge in [-0.05, 0) is 84.0 Å². The predicted molar refractivity (Wildman–Crippen MR) is 202 cm³/mol. The molecule has 52 heavy (non-hydrogen) atoms. The van der Waals surface area contributed by atoms with E-state index >= 15 is 0 Å². The van der Waals surface area contributed by atoms with Crippen molar-refractivity contribution >= 4 is 45.3 Å². The molecule has 6 rings (SSSR count). The van der Waals surface area contributed by atoms with Crippen molar-refractivity contribution in [3.63, 3.8) is 0 Å². The summed E-state index contributed by atoms with van der Waals surface area (Å²) in [7, 11) is 0. The summed E-state index contributed by atoms with van der Waals surface area (Å²) in [6.45, 7) is 10.8. The number of fused-ring (bicyclic) bond motifs is 2. The Balaban J connectivity index is 1.72. The van der Waals surface area contributed by atoms with Crippen LogP contribution < -0.4 is 0 Å². The zero-order valence-electron chi connectivity index (χ0n) is 29.4. The van der Waals surface area contributed by atoms with Crippen molar-refractivity contribution in [2.24, 2.45) is 9.98 Å². The van der Waals surface area contributed by atoms with Gasteiger partial charge in [0.15, 0.2) is 23.0 Å². The average Bonchev–Trinajstić information content (AvgIpc) is 3.07. The quantitative estimate of drug-likeness (QED) is 0.0720. The normalized spacial score (nSPS) is 12.1. The minimum Gasteiger partial charge on any atom is -0.507 e. The molecule has 0 bridgehead atoms. The summed E-state index contributed by atoms with van der Waals surface area (Å²) in [4.78, 5) is 8.65. The van der Waals surface area contributed by atoms with Gasteiger partial charge in [-0.3, -0.25) is 9.98 Å². The average molecular weight is 705 g/mol. The molecule has 0 saturated heterocycles. The molecule has 6 aromatic carbocycles. The van der Waals surface area contributed by atoms with E-state index in [1.54, 1.807) is 38.1 Å². The van der Waals surface area contributed by atoms with E-state index in [9.17, 15) is 39.4 Å². The van der Waals surface area contributed by atoms with Crippen LogP contribution in [0.3, 0.4) is 0 Å². The molecule has 8 nitrogen and oxygen atoms in total. The summed E-state index contributed by atoms with van der Waals surface area (Å²) in [6.07, 6.45) is 2.47. The SMILES string of the molecule is Cc1cc2c(C(C)C)c(O)c(O)c(C=Nc3cccc(F)c3)c2c(O)c1-c1c(C)cc2c(C(C)C)c(O)c(O)c(C=Nc3cccc(F)c3)c2c1O. The third-order valence-corrected chi connectivity index (χ3v) is 9.29. The van der Waals surface area contributed by atoms with E-state index in [4.69, 9.17) is 0 Å². The Morgan fingerprint density at radius 3 is 1.21 bits per heavy atom. The molecule has 266 valence electrons. The summed E-state index contributed by atoms with van der Waals surface area (Å²) in [5, 5.41) is 70.7. The molecule has 6 N–H and O–H groups in total. The number of rotatable bonds is 7. The molecule has 0 aliphatic heterocycles. The monoisotopic (exact) mass is 704 g/mol. The van der Waals surface area contributed by atoms with Gasteiger partial charge in [0.2, 0.25) is 0 Å². The first-order valence-corrected chi connectivity index (χ1v) is 16.7. The smallest absolute Gasteiger partial charge is 0.167 e. The fraction of sp³-hybridized carbons (Fsp3) is 0.190. The van der Waals surface area contributed by atoms with Crippen molar-refractivity contribution in [1.82, 2.24) is 0 Å². The van der Waals surface area contributed by atoms with Crippen LogP contribution >= 0.6 is 0 Å². The molecule has 0 spiro atoms. The van der Waals surface area contributed by atoms with Gasteiger partial charge in [0.1, 0.15) is 23.1 Å². The van der Waals surface area contributed by atoms with Gasteiger partial charge in [-0.25, -0.2) is 8.78 Å². The van der Waals surface area contributed by atoms with Gasteiger partial charge in [-0.15, -0.1) is 0 Å². The molecule has 0 radical (unpaired) electrons. The first-order valence-electron chi connectivity index (χ1n) is 16.7. The van der Waals surface area contributed by atoms with Crippen LogP contribution in [0.1, 0.15) is 72.9 Å². The van der Waals surface area contributed by atoms with E-state index in [1.807, 2.05) is 27.7 Å². The van der Waals surface area contributed by atoms with Crippen molar-refractivity contribution in [3.05, 3.63) is 106 Å². The van der Waals surface area contributed by atoms with Crippen molar-refractivity contribution in [2.75, 3.05) is 0 Å². The Kier molecular flexibility index (Phi) is 9.27. The van der Waals surface area contributed by atoms with Gasteiger partial charge < -0.3 is 30.6 Å². The van der Waals surface area contributed by atoms with Crippen LogP contribution in [0.15, 0.2) is 70.6 Å². The minimum absolute atomic E-state index is 0.0366. The maximum Gasteiger partial charge on any atom is 0.167 e. The van der Waals surface area contributed by atoms with Crippen LogP contribution in [0.5, 0.6) is 34.5 Å². The maximum atomic E-state index is 14.0. The van der Waals surface area contributed by atoms with E-state index in [0.29, 0.717) is 33.0 Å². The Morgan fingerprint density at radius 1 is 0.519 bits per heavy atom. The molecule has 0 saturated carbocycles. The van der Waals surface area contributed by atoms with Gasteiger partial charge in [0.05, 0.1) is 22.5 Å². The third-order valence-electron chi connectivity index (χ3n) is 9.29. The van der Waals surface area contributed by atoms with E-state index in [2.05, 4.69) is 9.98 Å². The van der Waals surface area contributed by atoms with E-state index in [0.717, 1.165) is 0 Å². The third kappa shape index (κ3) is 6.00. The Labute approximate surface area is 299 Å². The highest BCUT2D eigenvalue weighted by molar-refractivity contribution is 6.15. The molecule has 0 fully saturated rings. The van der Waals surface area contributed by atoms with Crippen LogP contribution in [0, 0.1) is 25.5 Å². The van der Waals surface area contributed by atoms with Crippen LogP contribution in [0.25, 0.3) is 32.7 Å².